The summed E-state index contributed by atoms with van der Waals surface area (Å²) in [6, 6.07) is 13.8. The van der Waals surface area contributed by atoms with Crippen molar-refractivity contribution in [2.45, 2.75) is 0 Å². The molecule has 76 valence electrons. The summed E-state index contributed by atoms with van der Waals surface area (Å²) in [7, 11) is 0. The van der Waals surface area contributed by atoms with Gasteiger partial charge in [0.1, 0.15) is 0 Å². The van der Waals surface area contributed by atoms with Crippen molar-refractivity contribution in [3.8, 4) is 0 Å². The highest BCUT2D eigenvalue weighted by Crippen LogP contribution is 2.20. The van der Waals surface area contributed by atoms with E-state index in [4.69, 9.17) is 5.73 Å². The van der Waals surface area contributed by atoms with Crippen LogP contribution in [0.5, 0.6) is 0 Å². The van der Waals surface area contributed by atoms with E-state index in [1.807, 2.05) is 42.5 Å². The normalized spacial score (nSPS) is 12.0. The summed E-state index contributed by atoms with van der Waals surface area (Å²) in [5.41, 5.74) is 6.83. The van der Waals surface area contributed by atoms with Gasteiger partial charge in [-0.05, 0) is 22.4 Å². The maximum atomic E-state index is 12.5. The average Bonchev–Trinajstić information content (AvgIpc) is 2.30. The molecule has 0 unspecified atom stereocenters. The van der Waals surface area contributed by atoms with Crippen molar-refractivity contribution in [2.24, 2.45) is 5.73 Å². The Morgan fingerprint density at radius 1 is 1.13 bits per heavy atom. The predicted octanol–water partition coefficient (Wildman–Crippen LogP) is 3.11. The summed E-state index contributed by atoms with van der Waals surface area (Å²) in [5, 5.41) is 2.25. The molecule has 0 atom stereocenters. The van der Waals surface area contributed by atoms with Crippen molar-refractivity contribution in [2.75, 3.05) is 6.54 Å². The second-order valence-corrected chi connectivity index (χ2v) is 3.40. The molecule has 0 aliphatic carbocycles. The van der Waals surface area contributed by atoms with E-state index < -0.39 is 0 Å². The molecule has 0 aliphatic rings. The van der Waals surface area contributed by atoms with Crippen LogP contribution in [0.4, 0.5) is 4.39 Å². The fourth-order valence-electron chi connectivity index (χ4n) is 1.61. The Kier molecular flexibility index (Phi) is 2.79. The molecule has 2 aromatic rings. The Bertz CT molecular complexity index is 503. The van der Waals surface area contributed by atoms with Crippen LogP contribution in [0.1, 0.15) is 5.56 Å². The van der Waals surface area contributed by atoms with Crippen LogP contribution in [-0.4, -0.2) is 6.54 Å². The van der Waals surface area contributed by atoms with Gasteiger partial charge in [-0.1, -0.05) is 36.4 Å². The first-order valence-electron chi connectivity index (χ1n) is 4.83. The summed E-state index contributed by atoms with van der Waals surface area (Å²) in [5.74, 6) is 0. The van der Waals surface area contributed by atoms with Crippen LogP contribution in [0.25, 0.3) is 16.3 Å². The van der Waals surface area contributed by atoms with Crippen molar-refractivity contribution >= 4 is 16.3 Å². The van der Waals surface area contributed by atoms with Gasteiger partial charge in [0.15, 0.2) is 0 Å². The second-order valence-electron chi connectivity index (χ2n) is 3.40. The number of rotatable bonds is 2. The number of hydrogen-bond acceptors (Lipinski definition) is 1. The molecule has 0 heterocycles. The number of nitrogens with two attached hydrogens (primary N) is 1. The Balaban J connectivity index is 2.56. The molecule has 0 bridgehead atoms. The zero-order valence-electron chi connectivity index (χ0n) is 8.28. The lowest BCUT2D eigenvalue weighted by molar-refractivity contribution is 0.721. The van der Waals surface area contributed by atoms with Crippen molar-refractivity contribution in [3.05, 3.63) is 54.4 Å². The minimum absolute atomic E-state index is 0.217. The van der Waals surface area contributed by atoms with E-state index in [1.54, 1.807) is 0 Å². The molecule has 2 aromatic carbocycles. The fourth-order valence-corrected chi connectivity index (χ4v) is 1.61. The summed E-state index contributed by atoms with van der Waals surface area (Å²) >= 11 is 0. The van der Waals surface area contributed by atoms with E-state index in [-0.39, 0.29) is 6.54 Å². The van der Waals surface area contributed by atoms with Crippen molar-refractivity contribution in [1.82, 2.24) is 0 Å². The van der Waals surface area contributed by atoms with Crippen LogP contribution in [0.15, 0.2) is 48.8 Å². The molecule has 2 rings (SSSR count). The fraction of sp³-hybridized carbons (Fsp3) is 0.0769. The van der Waals surface area contributed by atoms with Gasteiger partial charge in [-0.2, -0.15) is 0 Å². The quantitative estimate of drug-likeness (QED) is 0.793. The standard InChI is InChI=1S/C13H12FN/c14-8-13(9-15)12-6-5-10-3-1-2-4-11(10)7-12/h1-8H,9,15H2. The van der Waals surface area contributed by atoms with Crippen LogP contribution < -0.4 is 5.73 Å². The molecule has 2 heteroatoms. The molecule has 0 radical (unpaired) electrons. The lowest BCUT2D eigenvalue weighted by Gasteiger charge is -2.04. The first-order chi connectivity index (χ1) is 7.35. The summed E-state index contributed by atoms with van der Waals surface area (Å²) in [6.07, 6.45) is 0.574. The largest absolute Gasteiger partial charge is 0.326 e. The van der Waals surface area contributed by atoms with Crippen LogP contribution >= 0.6 is 0 Å². The number of hydrogen-bond donors (Lipinski definition) is 1. The lowest BCUT2D eigenvalue weighted by atomic mass is 10.0. The van der Waals surface area contributed by atoms with Crippen LogP contribution in [0.2, 0.25) is 0 Å². The molecule has 0 fully saturated rings. The van der Waals surface area contributed by atoms with E-state index >= 15 is 0 Å². The zero-order valence-corrected chi connectivity index (χ0v) is 8.28. The number of fused-ring (bicyclic) bond motifs is 1. The molecule has 0 aromatic heterocycles. The minimum atomic E-state index is 0.217. The predicted molar refractivity (Wildman–Crippen MR) is 62.1 cm³/mol. The third-order valence-corrected chi connectivity index (χ3v) is 2.47. The number of benzene rings is 2. The highest BCUT2D eigenvalue weighted by atomic mass is 19.1. The Morgan fingerprint density at radius 3 is 2.53 bits per heavy atom. The molecule has 15 heavy (non-hydrogen) atoms. The van der Waals surface area contributed by atoms with Crippen molar-refractivity contribution in [3.63, 3.8) is 0 Å². The van der Waals surface area contributed by atoms with Gasteiger partial charge in [-0.25, -0.2) is 4.39 Å². The third kappa shape index (κ3) is 1.90. The van der Waals surface area contributed by atoms with Gasteiger partial charge in [-0.3, -0.25) is 0 Å². The van der Waals surface area contributed by atoms with Crippen LogP contribution in [-0.2, 0) is 0 Å². The second kappa shape index (κ2) is 4.24. The first kappa shape index (κ1) is 9.87. The highest BCUT2D eigenvalue weighted by Gasteiger charge is 2.00. The van der Waals surface area contributed by atoms with E-state index in [1.165, 1.54) is 0 Å². The van der Waals surface area contributed by atoms with Gasteiger partial charge in [-0.15, -0.1) is 0 Å². The topological polar surface area (TPSA) is 26.0 Å². The van der Waals surface area contributed by atoms with Gasteiger partial charge in [0.25, 0.3) is 0 Å². The lowest BCUT2D eigenvalue weighted by Crippen LogP contribution is -2.01. The monoisotopic (exact) mass is 201 g/mol. The van der Waals surface area contributed by atoms with E-state index in [0.29, 0.717) is 11.9 Å². The van der Waals surface area contributed by atoms with Gasteiger partial charge >= 0.3 is 0 Å². The molecule has 0 aliphatic heterocycles. The molecule has 0 spiro atoms. The van der Waals surface area contributed by atoms with Crippen molar-refractivity contribution < 1.29 is 4.39 Å². The molecular weight excluding hydrogens is 189 g/mol. The van der Waals surface area contributed by atoms with Gasteiger partial charge in [0.05, 0.1) is 6.33 Å². The van der Waals surface area contributed by atoms with E-state index in [9.17, 15) is 4.39 Å². The van der Waals surface area contributed by atoms with Gasteiger partial charge < -0.3 is 5.73 Å². The minimum Gasteiger partial charge on any atom is -0.326 e. The van der Waals surface area contributed by atoms with Crippen LogP contribution in [0.3, 0.4) is 0 Å². The van der Waals surface area contributed by atoms with Gasteiger partial charge in [0.2, 0.25) is 0 Å². The van der Waals surface area contributed by atoms with Gasteiger partial charge in [0, 0.05) is 12.1 Å². The summed E-state index contributed by atoms with van der Waals surface area (Å²) in [4.78, 5) is 0. The molecule has 1 nitrogen and oxygen atoms in total. The van der Waals surface area contributed by atoms with Crippen LogP contribution in [0, 0.1) is 0 Å². The van der Waals surface area contributed by atoms with E-state index in [0.717, 1.165) is 16.3 Å². The zero-order chi connectivity index (χ0) is 10.7. The average molecular weight is 201 g/mol. The number of halogens is 1. The Labute approximate surface area is 88.0 Å². The van der Waals surface area contributed by atoms with Crippen molar-refractivity contribution in [1.29, 1.82) is 0 Å². The molecular formula is C13H12FN. The Hall–Kier alpha value is -1.67. The first-order valence-corrected chi connectivity index (χ1v) is 4.83. The summed E-state index contributed by atoms with van der Waals surface area (Å²) in [6.45, 7) is 0.217. The molecule has 0 saturated heterocycles. The van der Waals surface area contributed by atoms with E-state index in [2.05, 4.69) is 0 Å². The molecule has 0 saturated carbocycles. The Morgan fingerprint density at radius 2 is 1.87 bits per heavy atom. The SMILES string of the molecule is NCC(=CF)c1ccc2ccccc2c1. The smallest absolute Gasteiger partial charge is 0.0917 e. The maximum Gasteiger partial charge on any atom is 0.0917 e. The maximum absolute atomic E-state index is 12.5. The summed E-state index contributed by atoms with van der Waals surface area (Å²) < 4.78 is 12.5. The molecule has 2 N–H and O–H groups in total. The third-order valence-electron chi connectivity index (χ3n) is 2.47. The highest BCUT2D eigenvalue weighted by molar-refractivity contribution is 5.86. The molecule has 0 amide bonds.